The number of anilines is 2. The molecule has 15 heavy (non-hydrogen) atoms. The van der Waals surface area contributed by atoms with Crippen molar-refractivity contribution in [2.75, 3.05) is 5.32 Å². The average Bonchev–Trinajstić information content (AvgIpc) is 2.87. The predicted octanol–water partition coefficient (Wildman–Crippen LogP) is 3.50. The molecular formula is C12H10N2O. The fourth-order valence-corrected chi connectivity index (χ4v) is 1.63. The number of furan rings is 1. The molecule has 0 unspecified atom stereocenters. The molecule has 2 heterocycles. The lowest BCUT2D eigenvalue weighted by Gasteiger charge is -2.02. The Labute approximate surface area is 86.7 Å². The zero-order valence-electron chi connectivity index (χ0n) is 8.03. The monoisotopic (exact) mass is 198 g/mol. The van der Waals surface area contributed by atoms with E-state index in [1.165, 1.54) is 5.39 Å². The largest absolute Gasteiger partial charge is 0.470 e. The lowest BCUT2D eigenvalue weighted by atomic mass is 10.2. The zero-order valence-corrected chi connectivity index (χ0v) is 8.03. The van der Waals surface area contributed by atoms with E-state index in [4.69, 9.17) is 4.42 Å². The Hall–Kier alpha value is -2.16. The van der Waals surface area contributed by atoms with Crippen molar-refractivity contribution in [3.05, 3.63) is 49.1 Å². The molecule has 0 amide bonds. The number of H-pyrrole nitrogens is 1. The molecule has 0 aliphatic carbocycles. The van der Waals surface area contributed by atoms with Crippen LogP contribution in [-0.4, -0.2) is 4.98 Å². The van der Waals surface area contributed by atoms with Gasteiger partial charge >= 0.3 is 0 Å². The topological polar surface area (TPSA) is 41.0 Å². The van der Waals surface area contributed by atoms with Gasteiger partial charge in [0.1, 0.15) is 6.26 Å². The van der Waals surface area contributed by atoms with Gasteiger partial charge in [0.05, 0.1) is 12.0 Å². The summed E-state index contributed by atoms with van der Waals surface area (Å²) in [6.45, 7) is 0. The van der Waals surface area contributed by atoms with Crippen molar-refractivity contribution in [3.8, 4) is 0 Å². The molecule has 0 spiro atoms. The molecule has 3 heteroatoms. The Bertz CT molecular complexity index is 566. The predicted molar refractivity (Wildman–Crippen MR) is 60.3 cm³/mol. The van der Waals surface area contributed by atoms with Crippen LogP contribution in [0.1, 0.15) is 0 Å². The minimum absolute atomic E-state index is 0.963. The summed E-state index contributed by atoms with van der Waals surface area (Å²) in [4.78, 5) is 3.16. The van der Waals surface area contributed by atoms with Crippen LogP contribution in [-0.2, 0) is 0 Å². The van der Waals surface area contributed by atoms with Gasteiger partial charge in [0.15, 0.2) is 0 Å². The molecule has 0 bridgehead atoms. The van der Waals surface area contributed by atoms with Gasteiger partial charge in [-0.25, -0.2) is 0 Å². The van der Waals surface area contributed by atoms with Crippen LogP contribution >= 0.6 is 0 Å². The third kappa shape index (κ3) is 1.48. The number of hydrogen-bond donors (Lipinski definition) is 2. The van der Waals surface area contributed by atoms with E-state index in [0.29, 0.717) is 0 Å². The molecule has 2 aromatic heterocycles. The van der Waals surface area contributed by atoms with E-state index in [2.05, 4.69) is 28.5 Å². The van der Waals surface area contributed by atoms with Crippen LogP contribution in [0.3, 0.4) is 0 Å². The molecule has 0 atom stereocenters. The molecule has 3 nitrogen and oxygen atoms in total. The Kier molecular flexibility index (Phi) is 1.75. The number of rotatable bonds is 2. The van der Waals surface area contributed by atoms with E-state index in [1.807, 2.05) is 18.3 Å². The summed E-state index contributed by atoms with van der Waals surface area (Å²) in [5, 5.41) is 4.46. The van der Waals surface area contributed by atoms with Crippen molar-refractivity contribution < 1.29 is 4.42 Å². The minimum Gasteiger partial charge on any atom is -0.470 e. The van der Waals surface area contributed by atoms with Crippen molar-refractivity contribution in [2.24, 2.45) is 0 Å². The first-order valence-electron chi connectivity index (χ1n) is 4.78. The van der Waals surface area contributed by atoms with Gasteiger partial charge in [0.25, 0.3) is 0 Å². The molecule has 0 radical (unpaired) electrons. The first-order chi connectivity index (χ1) is 7.42. The van der Waals surface area contributed by atoms with Crippen LogP contribution in [0.25, 0.3) is 10.9 Å². The van der Waals surface area contributed by atoms with Crippen LogP contribution in [0.5, 0.6) is 0 Å². The van der Waals surface area contributed by atoms with Gasteiger partial charge in [-0.2, -0.15) is 0 Å². The Morgan fingerprint density at radius 3 is 2.93 bits per heavy atom. The summed E-state index contributed by atoms with van der Waals surface area (Å²) >= 11 is 0. The quantitative estimate of drug-likeness (QED) is 0.661. The van der Waals surface area contributed by atoms with E-state index in [-0.39, 0.29) is 0 Å². The van der Waals surface area contributed by atoms with Crippen molar-refractivity contribution in [2.45, 2.75) is 0 Å². The number of fused-ring (bicyclic) bond motifs is 1. The van der Waals surface area contributed by atoms with Crippen molar-refractivity contribution >= 4 is 22.3 Å². The SMILES string of the molecule is c1cc2cc(Nc3ccoc3)ccc2[nH]1. The molecule has 1 aromatic carbocycles. The summed E-state index contributed by atoms with van der Waals surface area (Å²) < 4.78 is 4.99. The van der Waals surface area contributed by atoms with E-state index in [9.17, 15) is 0 Å². The van der Waals surface area contributed by atoms with Crippen LogP contribution in [0.15, 0.2) is 53.5 Å². The summed E-state index contributed by atoms with van der Waals surface area (Å²) in [5.41, 5.74) is 3.17. The summed E-state index contributed by atoms with van der Waals surface area (Å²) in [6.07, 6.45) is 5.27. The molecule has 0 saturated carbocycles. The molecule has 3 aromatic rings. The maximum atomic E-state index is 4.99. The molecule has 0 aliphatic heterocycles. The molecule has 0 aliphatic rings. The van der Waals surface area contributed by atoms with Crippen LogP contribution in [0.2, 0.25) is 0 Å². The smallest absolute Gasteiger partial charge is 0.114 e. The highest BCUT2D eigenvalue weighted by Gasteiger charge is 1.98. The second-order valence-electron chi connectivity index (χ2n) is 3.42. The second kappa shape index (κ2) is 3.20. The Morgan fingerprint density at radius 1 is 1.07 bits per heavy atom. The van der Waals surface area contributed by atoms with Crippen LogP contribution in [0, 0.1) is 0 Å². The number of aromatic amines is 1. The summed E-state index contributed by atoms with van der Waals surface area (Å²) in [5.74, 6) is 0. The van der Waals surface area contributed by atoms with E-state index < -0.39 is 0 Å². The minimum atomic E-state index is 0.963. The zero-order chi connectivity index (χ0) is 10.1. The maximum absolute atomic E-state index is 4.99. The molecule has 2 N–H and O–H groups in total. The molecule has 0 fully saturated rings. The van der Waals surface area contributed by atoms with E-state index in [0.717, 1.165) is 16.9 Å². The van der Waals surface area contributed by atoms with Gasteiger partial charge in [-0.1, -0.05) is 0 Å². The van der Waals surface area contributed by atoms with Crippen LogP contribution in [0.4, 0.5) is 11.4 Å². The van der Waals surface area contributed by atoms with Gasteiger partial charge in [-0.15, -0.1) is 0 Å². The Morgan fingerprint density at radius 2 is 2.07 bits per heavy atom. The van der Waals surface area contributed by atoms with Gasteiger partial charge in [0.2, 0.25) is 0 Å². The highest BCUT2D eigenvalue weighted by molar-refractivity contribution is 5.83. The summed E-state index contributed by atoms with van der Waals surface area (Å²) in [7, 11) is 0. The Balaban J connectivity index is 1.97. The maximum Gasteiger partial charge on any atom is 0.114 e. The molecular weight excluding hydrogens is 188 g/mol. The van der Waals surface area contributed by atoms with Crippen molar-refractivity contribution in [3.63, 3.8) is 0 Å². The first-order valence-corrected chi connectivity index (χ1v) is 4.78. The molecule has 3 rings (SSSR count). The second-order valence-corrected chi connectivity index (χ2v) is 3.42. The van der Waals surface area contributed by atoms with Gasteiger partial charge in [-0.05, 0) is 30.3 Å². The molecule has 74 valence electrons. The van der Waals surface area contributed by atoms with Gasteiger partial charge in [-0.3, -0.25) is 0 Å². The standard InChI is InChI=1S/C12H10N2O/c1-2-12-9(3-5-13-12)7-10(1)14-11-4-6-15-8-11/h1-8,13-14H. The van der Waals surface area contributed by atoms with Crippen molar-refractivity contribution in [1.29, 1.82) is 0 Å². The van der Waals surface area contributed by atoms with E-state index >= 15 is 0 Å². The number of hydrogen-bond acceptors (Lipinski definition) is 2. The number of benzene rings is 1. The number of aromatic nitrogens is 1. The fourth-order valence-electron chi connectivity index (χ4n) is 1.63. The lowest BCUT2D eigenvalue weighted by Crippen LogP contribution is -1.86. The third-order valence-corrected chi connectivity index (χ3v) is 2.36. The first kappa shape index (κ1) is 8.17. The number of nitrogens with one attached hydrogen (secondary N) is 2. The fraction of sp³-hybridized carbons (Fsp3) is 0. The molecule has 0 saturated heterocycles. The van der Waals surface area contributed by atoms with Gasteiger partial charge in [0, 0.05) is 22.8 Å². The highest BCUT2D eigenvalue weighted by Crippen LogP contribution is 2.21. The lowest BCUT2D eigenvalue weighted by molar-refractivity contribution is 0.568. The van der Waals surface area contributed by atoms with Crippen molar-refractivity contribution in [1.82, 2.24) is 4.98 Å². The third-order valence-electron chi connectivity index (χ3n) is 2.36. The van der Waals surface area contributed by atoms with E-state index in [1.54, 1.807) is 12.5 Å². The van der Waals surface area contributed by atoms with Gasteiger partial charge < -0.3 is 14.7 Å². The normalized spacial score (nSPS) is 10.7. The summed E-state index contributed by atoms with van der Waals surface area (Å²) in [6, 6.07) is 10.1. The van der Waals surface area contributed by atoms with Crippen LogP contribution < -0.4 is 5.32 Å². The average molecular weight is 198 g/mol. The highest BCUT2D eigenvalue weighted by atomic mass is 16.3.